The number of hydrogen-bond acceptors (Lipinski definition) is 5. The largest absolute Gasteiger partial charge is 0.493 e. The van der Waals surface area contributed by atoms with Crippen LogP contribution in [0.5, 0.6) is 11.5 Å². The molecule has 2 aromatic carbocycles. The van der Waals surface area contributed by atoms with Gasteiger partial charge < -0.3 is 19.2 Å². The Labute approximate surface area is 162 Å². The van der Waals surface area contributed by atoms with Crippen LogP contribution in [0.1, 0.15) is 15.9 Å². The molecular weight excluding hydrogens is 358 g/mol. The van der Waals surface area contributed by atoms with E-state index in [1.165, 1.54) is 13.2 Å². The van der Waals surface area contributed by atoms with E-state index in [0.717, 1.165) is 11.3 Å². The number of ether oxygens (including phenoxy) is 2. The molecule has 1 aromatic heterocycles. The molecule has 0 saturated carbocycles. The Morgan fingerprint density at radius 2 is 1.89 bits per heavy atom. The maximum atomic E-state index is 12.3. The summed E-state index contributed by atoms with van der Waals surface area (Å²) in [5.74, 6) is 6.26. The summed E-state index contributed by atoms with van der Waals surface area (Å²) in [7, 11) is 1.48. The summed E-state index contributed by atoms with van der Waals surface area (Å²) < 4.78 is 16.0. The number of hydrogen-bond donors (Lipinski definition) is 1. The van der Waals surface area contributed by atoms with E-state index in [-0.39, 0.29) is 18.7 Å². The third kappa shape index (κ3) is 4.33. The van der Waals surface area contributed by atoms with Gasteiger partial charge in [0, 0.05) is 5.39 Å². The summed E-state index contributed by atoms with van der Waals surface area (Å²) in [4.78, 5) is 24.4. The van der Waals surface area contributed by atoms with Crippen molar-refractivity contribution >= 4 is 16.9 Å². The summed E-state index contributed by atoms with van der Waals surface area (Å²) >= 11 is 0. The van der Waals surface area contributed by atoms with Crippen LogP contribution in [0, 0.1) is 18.8 Å². The number of benzene rings is 2. The molecule has 3 rings (SSSR count). The highest BCUT2D eigenvalue weighted by molar-refractivity contribution is 5.97. The van der Waals surface area contributed by atoms with E-state index in [4.69, 9.17) is 13.9 Å². The average molecular weight is 377 g/mol. The topological polar surface area (TPSA) is 77.8 Å². The summed E-state index contributed by atoms with van der Waals surface area (Å²) in [6.45, 7) is 2.25. The molecule has 1 heterocycles. The van der Waals surface area contributed by atoms with E-state index in [0.29, 0.717) is 16.7 Å². The molecular formula is C22H19NO5. The highest BCUT2D eigenvalue weighted by atomic mass is 16.5. The molecule has 0 aliphatic rings. The van der Waals surface area contributed by atoms with Crippen molar-refractivity contribution in [3.05, 3.63) is 70.1 Å². The molecule has 0 aliphatic heterocycles. The van der Waals surface area contributed by atoms with Crippen LogP contribution < -0.4 is 20.4 Å². The third-order valence-electron chi connectivity index (χ3n) is 4.04. The predicted molar refractivity (Wildman–Crippen MR) is 106 cm³/mol. The zero-order chi connectivity index (χ0) is 19.9. The van der Waals surface area contributed by atoms with Crippen molar-refractivity contribution in [2.24, 2.45) is 0 Å². The lowest BCUT2D eigenvalue weighted by Gasteiger charge is -2.05. The Morgan fingerprint density at radius 1 is 1.11 bits per heavy atom. The molecule has 1 amide bonds. The Hall–Kier alpha value is -3.72. The second-order valence-corrected chi connectivity index (χ2v) is 5.92. The van der Waals surface area contributed by atoms with E-state index in [1.54, 1.807) is 18.2 Å². The summed E-state index contributed by atoms with van der Waals surface area (Å²) in [5, 5.41) is 3.18. The first kappa shape index (κ1) is 19.1. The third-order valence-corrected chi connectivity index (χ3v) is 4.04. The average Bonchev–Trinajstić information content (AvgIpc) is 2.70. The van der Waals surface area contributed by atoms with Gasteiger partial charge in [-0.05, 0) is 30.7 Å². The normalized spacial score (nSPS) is 10.1. The second kappa shape index (κ2) is 8.78. The van der Waals surface area contributed by atoms with Crippen LogP contribution in [0.15, 0.2) is 57.7 Å². The van der Waals surface area contributed by atoms with Gasteiger partial charge in [-0.3, -0.25) is 4.79 Å². The maximum absolute atomic E-state index is 12.3. The summed E-state index contributed by atoms with van der Waals surface area (Å²) in [6, 6.07) is 14.3. The lowest BCUT2D eigenvalue weighted by Crippen LogP contribution is -2.28. The summed E-state index contributed by atoms with van der Waals surface area (Å²) in [6.07, 6.45) is 0. The Kier molecular flexibility index (Phi) is 5.97. The fourth-order valence-electron chi connectivity index (χ4n) is 2.60. The highest BCUT2D eigenvalue weighted by Crippen LogP contribution is 2.24. The van der Waals surface area contributed by atoms with Gasteiger partial charge in [0.1, 0.15) is 17.9 Å². The molecule has 0 fully saturated rings. The molecule has 142 valence electrons. The van der Waals surface area contributed by atoms with Crippen molar-refractivity contribution in [1.82, 2.24) is 5.32 Å². The molecule has 0 atom stereocenters. The monoisotopic (exact) mass is 377 g/mol. The van der Waals surface area contributed by atoms with Gasteiger partial charge in [-0.2, -0.15) is 0 Å². The van der Waals surface area contributed by atoms with E-state index in [2.05, 4.69) is 17.2 Å². The van der Waals surface area contributed by atoms with Gasteiger partial charge in [-0.25, -0.2) is 4.79 Å². The van der Waals surface area contributed by atoms with Crippen molar-refractivity contribution in [2.45, 2.75) is 6.92 Å². The smallest absolute Gasteiger partial charge is 0.349 e. The Balaban J connectivity index is 1.61. The van der Waals surface area contributed by atoms with Gasteiger partial charge in [-0.15, -0.1) is 0 Å². The van der Waals surface area contributed by atoms with Gasteiger partial charge in [-0.1, -0.05) is 42.2 Å². The lowest BCUT2D eigenvalue weighted by atomic mass is 10.1. The fourth-order valence-corrected chi connectivity index (χ4v) is 2.60. The molecule has 0 saturated heterocycles. The number of methoxy groups -OCH3 is 1. The van der Waals surface area contributed by atoms with Crippen molar-refractivity contribution in [3.8, 4) is 23.3 Å². The number of fused-ring (bicyclic) bond motifs is 1. The predicted octanol–water partition coefficient (Wildman–Crippen LogP) is 2.92. The molecule has 28 heavy (non-hydrogen) atoms. The van der Waals surface area contributed by atoms with Crippen LogP contribution in [0.2, 0.25) is 0 Å². The Bertz CT molecular complexity index is 1120. The molecule has 0 radical (unpaired) electrons. The molecule has 6 nitrogen and oxygen atoms in total. The minimum absolute atomic E-state index is 0.0845. The van der Waals surface area contributed by atoms with Crippen molar-refractivity contribution in [3.63, 3.8) is 0 Å². The molecule has 0 spiro atoms. The van der Waals surface area contributed by atoms with Gasteiger partial charge >= 0.3 is 5.63 Å². The van der Waals surface area contributed by atoms with E-state index in [9.17, 15) is 9.59 Å². The number of nitrogens with one attached hydrogen (secondary N) is 1. The maximum Gasteiger partial charge on any atom is 0.349 e. The van der Waals surface area contributed by atoms with Crippen molar-refractivity contribution in [1.29, 1.82) is 0 Å². The molecule has 0 unspecified atom stereocenters. The minimum atomic E-state index is -0.731. The Morgan fingerprint density at radius 3 is 2.68 bits per heavy atom. The van der Waals surface area contributed by atoms with Gasteiger partial charge in [0.15, 0.2) is 11.3 Å². The lowest BCUT2D eigenvalue weighted by molar-refractivity contribution is 0.0955. The molecule has 1 N–H and O–H groups in total. The van der Waals surface area contributed by atoms with Crippen LogP contribution in [0.4, 0.5) is 0 Å². The van der Waals surface area contributed by atoms with Gasteiger partial charge in [0.25, 0.3) is 5.91 Å². The van der Waals surface area contributed by atoms with Crippen LogP contribution in [-0.4, -0.2) is 26.2 Å². The van der Waals surface area contributed by atoms with E-state index in [1.807, 2.05) is 31.2 Å². The van der Waals surface area contributed by atoms with E-state index >= 15 is 0 Å². The van der Waals surface area contributed by atoms with Crippen LogP contribution >= 0.6 is 0 Å². The molecule has 0 bridgehead atoms. The van der Waals surface area contributed by atoms with Gasteiger partial charge in [0.2, 0.25) is 0 Å². The zero-order valence-corrected chi connectivity index (χ0v) is 15.6. The van der Waals surface area contributed by atoms with Crippen molar-refractivity contribution < 1.29 is 18.7 Å². The van der Waals surface area contributed by atoms with E-state index < -0.39 is 11.5 Å². The first-order valence-corrected chi connectivity index (χ1v) is 8.63. The SMILES string of the molecule is COc1cccc2cc(C(=O)NCC#CCOc3ccccc3C)c(=O)oc12. The fraction of sp³-hybridized carbons (Fsp3) is 0.182. The van der Waals surface area contributed by atoms with Crippen LogP contribution in [-0.2, 0) is 0 Å². The van der Waals surface area contributed by atoms with Gasteiger partial charge in [0.05, 0.1) is 13.7 Å². The number of amides is 1. The number of carbonyl (C=O) groups is 1. The highest BCUT2D eigenvalue weighted by Gasteiger charge is 2.14. The van der Waals surface area contributed by atoms with Crippen LogP contribution in [0.3, 0.4) is 0 Å². The molecule has 0 aliphatic carbocycles. The number of rotatable bonds is 5. The zero-order valence-electron chi connectivity index (χ0n) is 15.6. The standard InChI is InChI=1S/C22H19NO5/c1-15-8-3-4-10-18(15)27-13-6-5-12-23-21(24)17-14-16-9-7-11-19(26-2)20(16)28-22(17)25/h3-4,7-11,14H,12-13H2,1-2H3,(H,23,24). The number of carbonyl (C=O) groups excluding carboxylic acids is 1. The van der Waals surface area contributed by atoms with Crippen molar-refractivity contribution in [2.75, 3.05) is 20.3 Å². The van der Waals surface area contributed by atoms with Crippen LogP contribution in [0.25, 0.3) is 11.0 Å². The summed E-state index contributed by atoms with van der Waals surface area (Å²) in [5.41, 5.74) is 0.515. The number of aryl methyl sites for hydroxylation is 1. The first-order valence-electron chi connectivity index (χ1n) is 8.63. The first-order chi connectivity index (χ1) is 13.6. The quantitative estimate of drug-likeness (QED) is 0.546. The second-order valence-electron chi connectivity index (χ2n) is 5.92. The molecule has 6 heteroatoms. The number of para-hydroxylation sites is 2. The minimum Gasteiger partial charge on any atom is -0.493 e. The molecule has 3 aromatic rings.